The fraction of sp³-hybridized carbons (Fsp3) is 0.250. The average Bonchev–Trinajstić information content (AvgIpc) is 2.46. The topological polar surface area (TPSA) is 34.1 Å². The van der Waals surface area contributed by atoms with Crippen LogP contribution in [0.2, 0.25) is 0 Å². The van der Waals surface area contributed by atoms with Crippen molar-refractivity contribution in [1.29, 1.82) is 0 Å². The van der Waals surface area contributed by atoms with Gasteiger partial charge in [0.05, 0.1) is 10.5 Å². The average molecular weight is 360 g/mol. The molecule has 0 fully saturated rings. The maximum atomic E-state index is 12.6. The van der Waals surface area contributed by atoms with Gasteiger partial charge in [-0.3, -0.25) is 0 Å². The number of hydrogen-bond donors (Lipinski definition) is 0. The zero-order chi connectivity index (χ0) is 17.3. The van der Waals surface area contributed by atoms with E-state index >= 15 is 0 Å². The van der Waals surface area contributed by atoms with Gasteiger partial charge < -0.3 is 0 Å². The van der Waals surface area contributed by atoms with E-state index in [0.29, 0.717) is 10.5 Å². The summed E-state index contributed by atoms with van der Waals surface area (Å²) in [7, 11) is -3.36. The molecule has 1 atom stereocenters. The third-order valence-electron chi connectivity index (χ3n) is 3.26. The van der Waals surface area contributed by atoms with E-state index < -0.39 is 21.6 Å². The van der Waals surface area contributed by atoms with Crippen molar-refractivity contribution in [2.24, 2.45) is 0 Å². The summed E-state index contributed by atoms with van der Waals surface area (Å²) in [6.07, 6.45) is -3.23. The maximum Gasteiger partial charge on any atom is 0.416 e. The third kappa shape index (κ3) is 4.51. The zero-order valence-corrected chi connectivity index (χ0v) is 14.1. The van der Waals surface area contributed by atoms with Gasteiger partial charge in [0.2, 0.25) is 0 Å². The number of rotatable bonds is 4. The smallest absolute Gasteiger partial charge is 0.224 e. The van der Waals surface area contributed by atoms with Gasteiger partial charge in [-0.05, 0) is 36.8 Å². The fourth-order valence-corrected chi connectivity index (χ4v) is 4.43. The molecular weight excluding hydrogens is 345 g/mol. The summed E-state index contributed by atoms with van der Waals surface area (Å²) in [6, 6.07) is 11.5. The van der Waals surface area contributed by atoms with Crippen LogP contribution >= 0.6 is 11.8 Å². The van der Waals surface area contributed by atoms with E-state index in [-0.39, 0.29) is 10.1 Å². The normalized spacial score (nSPS) is 13.8. The Morgan fingerprint density at radius 1 is 1.00 bits per heavy atom. The molecule has 0 saturated heterocycles. The summed E-state index contributed by atoms with van der Waals surface area (Å²) in [5.74, 6) is 0. The minimum atomic E-state index is -4.36. The Bertz CT molecular complexity index is 782. The molecule has 0 aliphatic carbocycles. The Labute approximate surface area is 137 Å². The van der Waals surface area contributed by atoms with Gasteiger partial charge in [-0.1, -0.05) is 24.3 Å². The van der Waals surface area contributed by atoms with Gasteiger partial charge in [-0.25, -0.2) is 8.42 Å². The molecule has 0 aliphatic rings. The predicted octanol–water partition coefficient (Wildman–Crippen LogP) is 4.96. The molecule has 0 spiro atoms. The number of alkyl halides is 3. The van der Waals surface area contributed by atoms with E-state index in [1.165, 1.54) is 30.0 Å². The Morgan fingerprint density at radius 3 is 2.09 bits per heavy atom. The molecule has 0 heterocycles. The first-order valence-corrected chi connectivity index (χ1v) is 9.49. The summed E-state index contributed by atoms with van der Waals surface area (Å²) in [6.45, 7) is 1.83. The maximum absolute atomic E-state index is 12.6. The molecule has 0 N–H and O–H groups in total. The quantitative estimate of drug-likeness (QED) is 0.723. The Kier molecular flexibility index (Phi) is 5.10. The minimum absolute atomic E-state index is 0.180. The predicted molar refractivity (Wildman–Crippen MR) is 85.3 cm³/mol. The summed E-state index contributed by atoms with van der Waals surface area (Å²) in [4.78, 5) is 0.811. The van der Waals surface area contributed by atoms with Gasteiger partial charge >= 0.3 is 6.18 Å². The minimum Gasteiger partial charge on any atom is -0.224 e. The van der Waals surface area contributed by atoms with Crippen molar-refractivity contribution < 1.29 is 21.6 Å². The van der Waals surface area contributed by atoms with Crippen LogP contribution in [0.1, 0.15) is 23.3 Å². The molecule has 2 nitrogen and oxygen atoms in total. The number of hydrogen-bond acceptors (Lipinski definition) is 3. The van der Waals surface area contributed by atoms with Gasteiger partial charge in [0.15, 0.2) is 9.84 Å². The van der Waals surface area contributed by atoms with Gasteiger partial charge in [0.1, 0.15) is 0 Å². The molecule has 2 aromatic rings. The number of thioether (sulfide) groups is 1. The van der Waals surface area contributed by atoms with Crippen LogP contribution in [-0.4, -0.2) is 14.7 Å². The highest BCUT2D eigenvalue weighted by Gasteiger charge is 2.30. The molecule has 23 heavy (non-hydrogen) atoms. The summed E-state index contributed by atoms with van der Waals surface area (Å²) in [5.41, 5.74) is 0.00119. The first kappa shape index (κ1) is 17.9. The molecule has 2 aromatic carbocycles. The van der Waals surface area contributed by atoms with E-state index in [2.05, 4.69) is 0 Å². The van der Waals surface area contributed by atoms with E-state index in [9.17, 15) is 21.6 Å². The second kappa shape index (κ2) is 6.57. The standard InChI is InChI=1S/C16H15F3O2S2/c1-11(12-7-9-13(10-8-12)16(17,18)19)22-14-5-3-4-6-15(14)23(2,20)21/h3-11H,1-2H3. The van der Waals surface area contributed by atoms with Crippen molar-refractivity contribution in [3.05, 3.63) is 59.7 Å². The Balaban J connectivity index is 2.25. The van der Waals surface area contributed by atoms with Crippen LogP contribution in [0.5, 0.6) is 0 Å². The molecule has 0 aliphatic heterocycles. The van der Waals surface area contributed by atoms with Gasteiger partial charge in [0, 0.05) is 16.4 Å². The first-order chi connectivity index (χ1) is 10.6. The van der Waals surface area contributed by atoms with Crippen LogP contribution in [0, 0.1) is 0 Å². The van der Waals surface area contributed by atoms with Gasteiger partial charge in [-0.15, -0.1) is 11.8 Å². The zero-order valence-electron chi connectivity index (χ0n) is 12.5. The molecule has 7 heteroatoms. The summed E-state index contributed by atoms with van der Waals surface area (Å²) in [5, 5.41) is -0.180. The molecule has 0 saturated carbocycles. The second-order valence-corrected chi connectivity index (χ2v) is 8.47. The van der Waals surface area contributed by atoms with Crippen molar-refractivity contribution in [2.75, 3.05) is 6.26 Å². The monoisotopic (exact) mass is 360 g/mol. The third-order valence-corrected chi connectivity index (χ3v) is 5.78. The van der Waals surface area contributed by atoms with Crippen LogP contribution in [0.15, 0.2) is 58.3 Å². The van der Waals surface area contributed by atoms with E-state index in [4.69, 9.17) is 0 Å². The lowest BCUT2D eigenvalue weighted by atomic mass is 10.1. The van der Waals surface area contributed by atoms with Crippen LogP contribution in [-0.2, 0) is 16.0 Å². The van der Waals surface area contributed by atoms with Crippen molar-refractivity contribution in [1.82, 2.24) is 0 Å². The highest BCUT2D eigenvalue weighted by molar-refractivity contribution is 8.00. The molecule has 0 bridgehead atoms. The Hall–Kier alpha value is -1.47. The summed E-state index contributed by atoms with van der Waals surface area (Å²) >= 11 is 1.30. The highest BCUT2D eigenvalue weighted by atomic mass is 32.2. The van der Waals surface area contributed by atoms with Gasteiger partial charge in [0.25, 0.3) is 0 Å². The van der Waals surface area contributed by atoms with Crippen LogP contribution in [0.25, 0.3) is 0 Å². The molecule has 0 radical (unpaired) electrons. The van der Waals surface area contributed by atoms with Crippen molar-refractivity contribution in [3.63, 3.8) is 0 Å². The van der Waals surface area contributed by atoms with E-state index in [1.54, 1.807) is 18.2 Å². The van der Waals surface area contributed by atoms with Crippen LogP contribution < -0.4 is 0 Å². The lowest BCUT2D eigenvalue weighted by Gasteiger charge is -2.15. The largest absolute Gasteiger partial charge is 0.416 e. The van der Waals surface area contributed by atoms with E-state index in [1.807, 2.05) is 6.92 Å². The van der Waals surface area contributed by atoms with Gasteiger partial charge in [-0.2, -0.15) is 13.2 Å². The molecular formula is C16H15F3O2S2. The second-order valence-electron chi connectivity index (χ2n) is 5.10. The highest BCUT2D eigenvalue weighted by Crippen LogP contribution is 2.39. The van der Waals surface area contributed by atoms with Crippen molar-refractivity contribution in [3.8, 4) is 0 Å². The van der Waals surface area contributed by atoms with Crippen LogP contribution in [0.3, 0.4) is 0 Å². The Morgan fingerprint density at radius 2 is 1.57 bits per heavy atom. The lowest BCUT2D eigenvalue weighted by Crippen LogP contribution is -2.04. The van der Waals surface area contributed by atoms with Crippen LogP contribution in [0.4, 0.5) is 13.2 Å². The lowest BCUT2D eigenvalue weighted by molar-refractivity contribution is -0.137. The van der Waals surface area contributed by atoms with E-state index in [0.717, 1.165) is 18.4 Å². The summed E-state index contributed by atoms with van der Waals surface area (Å²) < 4.78 is 61.3. The SMILES string of the molecule is CC(Sc1ccccc1S(C)(=O)=O)c1ccc(C(F)(F)F)cc1. The molecule has 0 aromatic heterocycles. The molecule has 2 rings (SSSR count). The van der Waals surface area contributed by atoms with Crippen molar-refractivity contribution in [2.45, 2.75) is 28.1 Å². The number of benzene rings is 2. The number of sulfone groups is 1. The first-order valence-electron chi connectivity index (χ1n) is 6.72. The molecule has 1 unspecified atom stereocenters. The fourth-order valence-electron chi connectivity index (χ4n) is 2.06. The molecule has 0 amide bonds. The van der Waals surface area contributed by atoms with Crippen molar-refractivity contribution >= 4 is 21.6 Å². The number of halogens is 3. The molecule has 124 valence electrons.